The Balaban J connectivity index is 2.29. The van der Waals surface area contributed by atoms with Crippen molar-refractivity contribution in [1.29, 1.82) is 0 Å². The molecule has 20 heavy (non-hydrogen) atoms. The van der Waals surface area contributed by atoms with E-state index in [4.69, 9.17) is 16.3 Å². The van der Waals surface area contributed by atoms with Crippen LogP contribution in [0.15, 0.2) is 36.5 Å². The first-order chi connectivity index (χ1) is 9.47. The molecule has 0 amide bonds. The van der Waals surface area contributed by atoms with E-state index in [1.54, 1.807) is 0 Å². The fourth-order valence-corrected chi connectivity index (χ4v) is 1.49. The maximum absolute atomic E-state index is 13.1. The van der Waals surface area contributed by atoms with Crippen LogP contribution >= 0.6 is 11.6 Å². The van der Waals surface area contributed by atoms with Gasteiger partial charge < -0.3 is 4.74 Å². The zero-order chi connectivity index (χ0) is 14.7. The predicted octanol–water partition coefficient (Wildman–Crippen LogP) is 3.00. The largest absolute Gasteiger partial charge is 0.415 e. The standard InChI is InChI=1S/C12H6ClFN2O4/c13-11-4-1-7(6-15-11)12(17)20-10-5-8(14)2-3-9(10)16(18)19/h1-6H. The van der Waals surface area contributed by atoms with Gasteiger partial charge in [0.25, 0.3) is 0 Å². The van der Waals surface area contributed by atoms with Gasteiger partial charge in [0, 0.05) is 18.3 Å². The van der Waals surface area contributed by atoms with Gasteiger partial charge in [0.15, 0.2) is 0 Å². The van der Waals surface area contributed by atoms with Crippen LogP contribution in [0.2, 0.25) is 5.15 Å². The number of nitrogens with zero attached hydrogens (tertiary/aromatic N) is 2. The molecule has 0 fully saturated rings. The summed E-state index contributed by atoms with van der Waals surface area (Å²) in [6.45, 7) is 0. The van der Waals surface area contributed by atoms with E-state index >= 15 is 0 Å². The smallest absolute Gasteiger partial charge is 0.345 e. The van der Waals surface area contributed by atoms with Gasteiger partial charge >= 0.3 is 11.7 Å². The first-order valence-corrected chi connectivity index (χ1v) is 5.63. The molecular weight excluding hydrogens is 291 g/mol. The van der Waals surface area contributed by atoms with Crippen molar-refractivity contribution in [3.8, 4) is 5.75 Å². The molecule has 0 spiro atoms. The lowest BCUT2D eigenvalue weighted by atomic mass is 10.2. The summed E-state index contributed by atoms with van der Waals surface area (Å²) in [5, 5.41) is 10.9. The topological polar surface area (TPSA) is 82.3 Å². The van der Waals surface area contributed by atoms with Crippen LogP contribution in [0.25, 0.3) is 0 Å². The highest BCUT2D eigenvalue weighted by molar-refractivity contribution is 6.29. The van der Waals surface area contributed by atoms with E-state index in [-0.39, 0.29) is 10.7 Å². The van der Waals surface area contributed by atoms with Crippen LogP contribution in [0.1, 0.15) is 10.4 Å². The minimum atomic E-state index is -0.900. The van der Waals surface area contributed by atoms with E-state index in [1.807, 2.05) is 0 Å². The molecule has 1 heterocycles. The SMILES string of the molecule is O=C(Oc1cc(F)ccc1[N+](=O)[O-])c1ccc(Cl)nc1. The van der Waals surface area contributed by atoms with Crippen molar-refractivity contribution in [3.05, 3.63) is 63.2 Å². The second-order valence-electron chi connectivity index (χ2n) is 3.63. The van der Waals surface area contributed by atoms with Crippen molar-refractivity contribution < 1.29 is 18.8 Å². The van der Waals surface area contributed by atoms with Crippen LogP contribution in [-0.2, 0) is 0 Å². The minimum Gasteiger partial charge on any atom is -0.415 e. The number of carbonyl (C=O) groups is 1. The number of hydrogen-bond acceptors (Lipinski definition) is 5. The van der Waals surface area contributed by atoms with E-state index in [2.05, 4.69) is 4.98 Å². The van der Waals surface area contributed by atoms with Gasteiger partial charge in [-0.2, -0.15) is 0 Å². The van der Waals surface area contributed by atoms with Gasteiger partial charge in [0.05, 0.1) is 10.5 Å². The van der Waals surface area contributed by atoms with Crippen LogP contribution < -0.4 is 4.74 Å². The molecule has 0 aliphatic heterocycles. The van der Waals surface area contributed by atoms with E-state index in [0.29, 0.717) is 0 Å². The molecule has 0 atom stereocenters. The molecule has 0 aliphatic rings. The third kappa shape index (κ3) is 3.07. The van der Waals surface area contributed by atoms with E-state index < -0.39 is 28.1 Å². The number of aromatic nitrogens is 1. The van der Waals surface area contributed by atoms with Crippen LogP contribution in [0, 0.1) is 15.9 Å². The lowest BCUT2D eigenvalue weighted by Crippen LogP contribution is -2.10. The molecular formula is C12H6ClFN2O4. The van der Waals surface area contributed by atoms with E-state index in [9.17, 15) is 19.3 Å². The average Bonchev–Trinajstić information content (AvgIpc) is 2.39. The summed E-state index contributed by atoms with van der Waals surface area (Å²) in [4.78, 5) is 25.4. The fraction of sp³-hybridized carbons (Fsp3) is 0. The molecule has 0 N–H and O–H groups in total. The van der Waals surface area contributed by atoms with Gasteiger partial charge in [-0.1, -0.05) is 11.6 Å². The first-order valence-electron chi connectivity index (χ1n) is 5.25. The molecule has 2 aromatic rings. The summed E-state index contributed by atoms with van der Waals surface area (Å²) >= 11 is 5.56. The summed E-state index contributed by atoms with van der Waals surface area (Å²) in [7, 11) is 0. The molecule has 2 rings (SSSR count). The lowest BCUT2D eigenvalue weighted by Gasteiger charge is -2.05. The van der Waals surface area contributed by atoms with Crippen molar-refractivity contribution in [3.63, 3.8) is 0 Å². The summed E-state index contributed by atoms with van der Waals surface area (Å²) < 4.78 is 17.9. The van der Waals surface area contributed by atoms with Crippen LogP contribution in [0.5, 0.6) is 5.75 Å². The number of pyridine rings is 1. The summed E-state index contributed by atoms with van der Waals surface area (Å²) in [5.41, 5.74) is -0.477. The van der Waals surface area contributed by atoms with E-state index in [1.165, 1.54) is 12.1 Å². The molecule has 0 aliphatic carbocycles. The van der Waals surface area contributed by atoms with E-state index in [0.717, 1.165) is 24.4 Å². The Kier molecular flexibility index (Phi) is 3.90. The number of nitro benzene ring substituents is 1. The highest BCUT2D eigenvalue weighted by Gasteiger charge is 2.19. The van der Waals surface area contributed by atoms with Crippen molar-refractivity contribution in [2.75, 3.05) is 0 Å². The highest BCUT2D eigenvalue weighted by Crippen LogP contribution is 2.28. The number of nitro groups is 1. The Bertz CT molecular complexity index is 676. The summed E-state index contributed by atoms with van der Waals surface area (Å²) in [6, 6.07) is 5.28. The Hall–Kier alpha value is -2.54. The minimum absolute atomic E-state index is 0.0351. The van der Waals surface area contributed by atoms with Gasteiger partial charge in [-0.3, -0.25) is 10.1 Å². The molecule has 0 radical (unpaired) electrons. The zero-order valence-corrected chi connectivity index (χ0v) is 10.5. The van der Waals surface area contributed by atoms with Crippen LogP contribution in [-0.4, -0.2) is 15.9 Å². The van der Waals surface area contributed by atoms with Crippen LogP contribution in [0.4, 0.5) is 10.1 Å². The Morgan fingerprint density at radius 1 is 1.35 bits per heavy atom. The molecule has 1 aromatic heterocycles. The maximum Gasteiger partial charge on any atom is 0.345 e. The fourth-order valence-electron chi connectivity index (χ4n) is 1.38. The maximum atomic E-state index is 13.1. The zero-order valence-electron chi connectivity index (χ0n) is 9.75. The number of halogens is 2. The molecule has 1 aromatic carbocycles. The summed E-state index contributed by atoms with van der Waals surface area (Å²) in [6.07, 6.45) is 1.15. The quantitative estimate of drug-likeness (QED) is 0.286. The van der Waals surface area contributed by atoms with Crippen LogP contribution in [0.3, 0.4) is 0 Å². The first kappa shape index (κ1) is 13.9. The normalized spacial score (nSPS) is 10.1. The molecule has 102 valence electrons. The Morgan fingerprint density at radius 3 is 2.70 bits per heavy atom. The van der Waals surface area contributed by atoms with Crippen molar-refractivity contribution in [2.24, 2.45) is 0 Å². The van der Waals surface area contributed by atoms with Gasteiger partial charge in [-0.05, 0) is 18.2 Å². The molecule has 6 nitrogen and oxygen atoms in total. The summed E-state index contributed by atoms with van der Waals surface area (Å²) in [5.74, 6) is -2.13. The second-order valence-corrected chi connectivity index (χ2v) is 4.02. The van der Waals surface area contributed by atoms with Crippen molar-refractivity contribution >= 4 is 23.3 Å². The molecule has 0 saturated carbocycles. The molecule has 0 saturated heterocycles. The van der Waals surface area contributed by atoms with Gasteiger partial charge in [-0.25, -0.2) is 14.2 Å². The average molecular weight is 297 g/mol. The monoisotopic (exact) mass is 296 g/mol. The van der Waals surface area contributed by atoms with Gasteiger partial charge in [0.1, 0.15) is 11.0 Å². The Labute approximate surface area is 116 Å². The van der Waals surface area contributed by atoms with Crippen molar-refractivity contribution in [1.82, 2.24) is 4.98 Å². The number of hydrogen-bond donors (Lipinski definition) is 0. The van der Waals surface area contributed by atoms with Gasteiger partial charge in [0.2, 0.25) is 5.75 Å². The second kappa shape index (κ2) is 5.62. The molecule has 0 unspecified atom stereocenters. The third-order valence-electron chi connectivity index (χ3n) is 2.28. The number of ether oxygens (including phenoxy) is 1. The highest BCUT2D eigenvalue weighted by atomic mass is 35.5. The molecule has 0 bridgehead atoms. The van der Waals surface area contributed by atoms with Gasteiger partial charge in [-0.15, -0.1) is 0 Å². The number of rotatable bonds is 3. The Morgan fingerprint density at radius 2 is 2.10 bits per heavy atom. The number of carbonyl (C=O) groups excluding carboxylic acids is 1. The third-order valence-corrected chi connectivity index (χ3v) is 2.51. The predicted molar refractivity (Wildman–Crippen MR) is 67.3 cm³/mol. The molecule has 8 heteroatoms. The van der Waals surface area contributed by atoms with Crippen molar-refractivity contribution in [2.45, 2.75) is 0 Å². The lowest BCUT2D eigenvalue weighted by molar-refractivity contribution is -0.385. The number of esters is 1. The number of benzene rings is 1.